The summed E-state index contributed by atoms with van der Waals surface area (Å²) in [5.41, 5.74) is 0. The molecule has 0 rings (SSSR count). The second kappa shape index (κ2) is 11.6. The molecule has 0 N–H and O–H groups in total. The van der Waals surface area contributed by atoms with Crippen molar-refractivity contribution in [1.82, 2.24) is 0 Å². The van der Waals surface area contributed by atoms with Crippen LogP contribution < -0.4 is 0 Å². The average Bonchev–Trinajstić information content (AvgIpc) is 2.35. The van der Waals surface area contributed by atoms with Crippen LogP contribution in [0.4, 0.5) is 0 Å². The largest absolute Gasteiger partial charge is 0.465 e. The molecule has 0 saturated heterocycles. The van der Waals surface area contributed by atoms with Gasteiger partial charge in [-0.05, 0) is 25.2 Å². The molecule has 0 bridgehead atoms. The molecule has 17 heavy (non-hydrogen) atoms. The summed E-state index contributed by atoms with van der Waals surface area (Å²) in [7, 11) is 0. The first-order valence-electron chi connectivity index (χ1n) is 6.83. The second-order valence-electron chi connectivity index (χ2n) is 4.51. The molecule has 100 valence electrons. The van der Waals surface area contributed by atoms with E-state index in [1.54, 1.807) is 0 Å². The standard InChI is InChI=1S/C14H26O3/c1-3-5-9-13(4-2)12-17-14(16)10-7-6-8-11-15/h11,13H,3-10,12H2,1-2H3. The summed E-state index contributed by atoms with van der Waals surface area (Å²) in [5, 5.41) is 0. The van der Waals surface area contributed by atoms with Gasteiger partial charge in [-0.2, -0.15) is 0 Å². The lowest BCUT2D eigenvalue weighted by Crippen LogP contribution is -2.13. The number of unbranched alkanes of at least 4 members (excludes halogenated alkanes) is 3. The minimum Gasteiger partial charge on any atom is -0.465 e. The first kappa shape index (κ1) is 16.1. The van der Waals surface area contributed by atoms with Gasteiger partial charge in [-0.25, -0.2) is 0 Å². The molecule has 0 aromatic heterocycles. The summed E-state index contributed by atoms with van der Waals surface area (Å²) in [6.45, 7) is 4.87. The van der Waals surface area contributed by atoms with E-state index >= 15 is 0 Å². The van der Waals surface area contributed by atoms with E-state index in [4.69, 9.17) is 4.74 Å². The van der Waals surface area contributed by atoms with Crippen molar-refractivity contribution in [2.24, 2.45) is 5.92 Å². The predicted octanol–water partition coefficient (Wildman–Crippen LogP) is 3.51. The number of hydrogen-bond donors (Lipinski definition) is 0. The third-order valence-corrected chi connectivity index (χ3v) is 2.98. The highest BCUT2D eigenvalue weighted by molar-refractivity contribution is 5.69. The zero-order valence-electron chi connectivity index (χ0n) is 11.2. The highest BCUT2D eigenvalue weighted by atomic mass is 16.5. The zero-order valence-corrected chi connectivity index (χ0v) is 11.2. The molecule has 0 aliphatic rings. The molecule has 3 heteroatoms. The van der Waals surface area contributed by atoms with E-state index in [2.05, 4.69) is 13.8 Å². The number of aldehydes is 1. The Hall–Kier alpha value is -0.860. The van der Waals surface area contributed by atoms with Crippen LogP contribution in [0.1, 0.15) is 65.2 Å². The molecule has 3 nitrogen and oxygen atoms in total. The molecule has 0 aliphatic heterocycles. The number of rotatable bonds is 11. The highest BCUT2D eigenvalue weighted by Gasteiger charge is 2.09. The average molecular weight is 242 g/mol. The summed E-state index contributed by atoms with van der Waals surface area (Å²) in [6, 6.07) is 0. The monoisotopic (exact) mass is 242 g/mol. The van der Waals surface area contributed by atoms with Gasteiger partial charge < -0.3 is 9.53 Å². The third-order valence-electron chi connectivity index (χ3n) is 2.98. The minimum atomic E-state index is -0.120. The maximum absolute atomic E-state index is 11.4. The number of carbonyl (C=O) groups excluding carboxylic acids is 2. The van der Waals surface area contributed by atoms with Crippen molar-refractivity contribution >= 4 is 12.3 Å². The third kappa shape index (κ3) is 10.0. The Bertz CT molecular complexity index is 202. The Morgan fingerprint density at radius 3 is 2.59 bits per heavy atom. The molecule has 0 spiro atoms. The molecule has 1 unspecified atom stereocenters. The number of ether oxygens (including phenoxy) is 1. The SMILES string of the molecule is CCCCC(CC)COC(=O)CCCCC=O. The van der Waals surface area contributed by atoms with Gasteiger partial charge in [0.2, 0.25) is 0 Å². The van der Waals surface area contributed by atoms with Gasteiger partial charge in [-0.15, -0.1) is 0 Å². The molecule has 0 heterocycles. The summed E-state index contributed by atoms with van der Waals surface area (Å²) in [6.07, 6.45) is 8.02. The van der Waals surface area contributed by atoms with E-state index in [1.807, 2.05) is 0 Å². The quantitative estimate of drug-likeness (QED) is 0.316. The maximum Gasteiger partial charge on any atom is 0.305 e. The van der Waals surface area contributed by atoms with Crippen LogP contribution in [0.25, 0.3) is 0 Å². The number of hydrogen-bond acceptors (Lipinski definition) is 3. The lowest BCUT2D eigenvalue weighted by atomic mass is 10.0. The Morgan fingerprint density at radius 2 is 2.00 bits per heavy atom. The van der Waals surface area contributed by atoms with Gasteiger partial charge >= 0.3 is 5.97 Å². The van der Waals surface area contributed by atoms with Crippen molar-refractivity contribution in [1.29, 1.82) is 0 Å². The fourth-order valence-corrected chi connectivity index (χ4v) is 1.68. The summed E-state index contributed by atoms with van der Waals surface area (Å²) >= 11 is 0. The van der Waals surface area contributed by atoms with Crippen molar-refractivity contribution in [3.63, 3.8) is 0 Å². The fraction of sp³-hybridized carbons (Fsp3) is 0.857. The van der Waals surface area contributed by atoms with E-state index in [9.17, 15) is 9.59 Å². The van der Waals surface area contributed by atoms with Gasteiger partial charge in [0.25, 0.3) is 0 Å². The van der Waals surface area contributed by atoms with Crippen LogP contribution in [-0.4, -0.2) is 18.9 Å². The first-order valence-corrected chi connectivity index (χ1v) is 6.83. The number of carbonyl (C=O) groups is 2. The maximum atomic E-state index is 11.4. The summed E-state index contributed by atoms with van der Waals surface area (Å²) < 4.78 is 5.25. The van der Waals surface area contributed by atoms with E-state index < -0.39 is 0 Å². The van der Waals surface area contributed by atoms with Crippen molar-refractivity contribution in [2.75, 3.05) is 6.61 Å². The predicted molar refractivity (Wildman–Crippen MR) is 68.8 cm³/mol. The van der Waals surface area contributed by atoms with Crippen LogP contribution in [0.5, 0.6) is 0 Å². The van der Waals surface area contributed by atoms with E-state index in [0.717, 1.165) is 32.0 Å². The van der Waals surface area contributed by atoms with Crippen LogP contribution in [0.2, 0.25) is 0 Å². The number of esters is 1. The second-order valence-corrected chi connectivity index (χ2v) is 4.51. The van der Waals surface area contributed by atoms with Crippen LogP contribution in [-0.2, 0) is 14.3 Å². The van der Waals surface area contributed by atoms with Gasteiger partial charge in [0.15, 0.2) is 0 Å². The van der Waals surface area contributed by atoms with Gasteiger partial charge in [0.1, 0.15) is 6.29 Å². The summed E-state index contributed by atoms with van der Waals surface area (Å²) in [5.74, 6) is 0.389. The van der Waals surface area contributed by atoms with Gasteiger partial charge in [-0.1, -0.05) is 33.1 Å². The van der Waals surface area contributed by atoms with Gasteiger partial charge in [-0.3, -0.25) is 4.79 Å². The van der Waals surface area contributed by atoms with Crippen molar-refractivity contribution in [3.05, 3.63) is 0 Å². The molecular formula is C14H26O3. The molecule has 0 amide bonds. The first-order chi connectivity index (χ1) is 8.24. The summed E-state index contributed by atoms with van der Waals surface area (Å²) in [4.78, 5) is 21.5. The minimum absolute atomic E-state index is 0.120. The van der Waals surface area contributed by atoms with Crippen molar-refractivity contribution < 1.29 is 14.3 Å². The van der Waals surface area contributed by atoms with E-state index in [1.165, 1.54) is 12.8 Å². The fourth-order valence-electron chi connectivity index (χ4n) is 1.68. The molecule has 0 aliphatic carbocycles. The van der Waals surface area contributed by atoms with E-state index in [0.29, 0.717) is 25.4 Å². The van der Waals surface area contributed by atoms with Crippen LogP contribution in [0.3, 0.4) is 0 Å². The van der Waals surface area contributed by atoms with Crippen LogP contribution >= 0.6 is 0 Å². The Labute approximate surface area is 105 Å². The Balaban J connectivity index is 3.55. The normalized spacial score (nSPS) is 12.1. The van der Waals surface area contributed by atoms with Crippen molar-refractivity contribution in [2.45, 2.75) is 65.2 Å². The lowest BCUT2D eigenvalue weighted by Gasteiger charge is -2.14. The van der Waals surface area contributed by atoms with E-state index in [-0.39, 0.29) is 5.97 Å². The zero-order chi connectivity index (χ0) is 12.9. The topological polar surface area (TPSA) is 43.4 Å². The van der Waals surface area contributed by atoms with Gasteiger partial charge in [0.05, 0.1) is 6.61 Å². The molecule has 0 saturated carbocycles. The lowest BCUT2D eigenvalue weighted by molar-refractivity contribution is -0.145. The smallest absolute Gasteiger partial charge is 0.305 e. The van der Waals surface area contributed by atoms with Crippen molar-refractivity contribution in [3.8, 4) is 0 Å². The van der Waals surface area contributed by atoms with Gasteiger partial charge in [0, 0.05) is 12.8 Å². The van der Waals surface area contributed by atoms with Crippen LogP contribution in [0, 0.1) is 5.92 Å². The van der Waals surface area contributed by atoms with Crippen LogP contribution in [0.15, 0.2) is 0 Å². The molecule has 0 fully saturated rings. The molecule has 1 atom stereocenters. The molecule has 0 aromatic rings. The molecule has 0 radical (unpaired) electrons. The Morgan fingerprint density at radius 1 is 1.24 bits per heavy atom. The molecule has 0 aromatic carbocycles. The highest BCUT2D eigenvalue weighted by Crippen LogP contribution is 2.13. The Kier molecular flexibility index (Phi) is 11.0. The molecular weight excluding hydrogens is 216 g/mol.